The van der Waals surface area contributed by atoms with E-state index in [0.29, 0.717) is 5.92 Å². The van der Waals surface area contributed by atoms with E-state index in [-0.39, 0.29) is 7.43 Å². The average molecular weight is 260 g/mol. The van der Waals surface area contributed by atoms with Crippen molar-refractivity contribution >= 4 is 10.8 Å². The lowest BCUT2D eigenvalue weighted by Crippen LogP contribution is -2.38. The third-order valence-corrected chi connectivity index (χ3v) is 3.56. The largest absolute Gasteiger partial charge is 0.202 e. The van der Waals surface area contributed by atoms with Crippen LogP contribution in [0.4, 0.5) is 0 Å². The van der Waals surface area contributed by atoms with Gasteiger partial charge in [0.15, 0.2) is 11.4 Å². The molecule has 1 aromatic carbocycles. The molecule has 0 fully saturated rings. The Morgan fingerprint density at radius 1 is 0.947 bits per heavy atom. The topological polar surface area (TPSA) is 3.88 Å². The van der Waals surface area contributed by atoms with Gasteiger partial charge in [-0.3, -0.25) is 0 Å². The molecule has 106 valence electrons. The minimum Gasteiger partial charge on any atom is -0.202 e. The number of hydrogen-bond donors (Lipinski definition) is 0. The fourth-order valence-electron chi connectivity index (χ4n) is 2.54. The van der Waals surface area contributed by atoms with Gasteiger partial charge in [0.1, 0.15) is 7.05 Å². The van der Waals surface area contributed by atoms with E-state index < -0.39 is 0 Å². The Morgan fingerprint density at radius 3 is 1.89 bits per heavy atom. The monoisotopic (exact) mass is 260 g/mol. The zero-order chi connectivity index (χ0) is 13.9. The first kappa shape index (κ1) is 17.6. The summed E-state index contributed by atoms with van der Waals surface area (Å²) in [5.74, 6) is 0.550. The van der Waals surface area contributed by atoms with Gasteiger partial charge in [0.25, 0.3) is 0 Å². The smallest absolute Gasteiger partial charge is 0.191 e. The van der Waals surface area contributed by atoms with Gasteiger partial charge < -0.3 is 0 Å². The Balaban J connectivity index is 0.00000103. The number of aryl methyl sites for hydroxylation is 1. The van der Waals surface area contributed by atoms with Crippen LogP contribution in [0.3, 0.4) is 0 Å². The molecule has 0 aliphatic carbocycles. The summed E-state index contributed by atoms with van der Waals surface area (Å²) in [6.45, 7) is 12.9. The molecule has 0 bridgehead atoms. The first-order valence-electron chi connectivity index (χ1n) is 6.92. The highest BCUT2D eigenvalue weighted by molar-refractivity contribution is 5.87. The molecule has 1 heteroatoms. The molecule has 19 heavy (non-hydrogen) atoms. The van der Waals surface area contributed by atoms with Gasteiger partial charge in [-0.05, 0) is 18.4 Å². The Bertz CT molecular complexity index is 539. The first-order chi connectivity index (χ1) is 8.54. The number of nitrogens with zero attached hydrogens (tertiary/aromatic N) is 1. The SMILES string of the molecule is C.CC.Cc1c(C)[n+](C)c(C(C)C)c2ccccc12. The van der Waals surface area contributed by atoms with Crippen LogP contribution in [-0.2, 0) is 7.05 Å². The molecule has 0 radical (unpaired) electrons. The second-order valence-electron chi connectivity index (χ2n) is 4.85. The lowest BCUT2D eigenvalue weighted by molar-refractivity contribution is -0.685. The molecular weight excluding hydrogens is 230 g/mol. The Labute approximate surface area is 119 Å². The summed E-state index contributed by atoms with van der Waals surface area (Å²) in [7, 11) is 2.17. The summed E-state index contributed by atoms with van der Waals surface area (Å²) in [5.41, 5.74) is 4.18. The highest BCUT2D eigenvalue weighted by Gasteiger charge is 2.20. The summed E-state index contributed by atoms with van der Waals surface area (Å²) >= 11 is 0. The summed E-state index contributed by atoms with van der Waals surface area (Å²) in [6.07, 6.45) is 0. The standard InChI is InChI=1S/C15H20N.C2H6.CH4/c1-10(2)15-14-9-7-6-8-13(14)11(3)12(4)16(15)5;1-2;/h6-10H,1-5H3;1-2H3;1H4/q+1;;. The van der Waals surface area contributed by atoms with Crippen LogP contribution in [0, 0.1) is 13.8 Å². The van der Waals surface area contributed by atoms with E-state index in [1.165, 1.54) is 27.7 Å². The molecule has 0 aliphatic heterocycles. The van der Waals surface area contributed by atoms with Crippen molar-refractivity contribution in [2.45, 2.75) is 54.9 Å². The van der Waals surface area contributed by atoms with Crippen LogP contribution in [0.15, 0.2) is 24.3 Å². The summed E-state index contributed by atoms with van der Waals surface area (Å²) < 4.78 is 2.34. The van der Waals surface area contributed by atoms with Gasteiger partial charge in [-0.1, -0.05) is 53.3 Å². The van der Waals surface area contributed by atoms with Gasteiger partial charge in [0, 0.05) is 23.8 Å². The number of pyridine rings is 1. The van der Waals surface area contributed by atoms with Crippen LogP contribution in [-0.4, -0.2) is 0 Å². The molecule has 0 spiro atoms. The van der Waals surface area contributed by atoms with Crippen LogP contribution in [0.25, 0.3) is 10.8 Å². The number of benzene rings is 1. The molecular formula is C18H30N+. The minimum absolute atomic E-state index is 0. The molecule has 1 aromatic heterocycles. The van der Waals surface area contributed by atoms with E-state index in [4.69, 9.17) is 0 Å². The number of fused-ring (bicyclic) bond motifs is 1. The van der Waals surface area contributed by atoms with Crippen molar-refractivity contribution < 1.29 is 4.57 Å². The first-order valence-corrected chi connectivity index (χ1v) is 6.92. The van der Waals surface area contributed by atoms with E-state index in [0.717, 1.165) is 0 Å². The Kier molecular flexibility index (Phi) is 6.75. The van der Waals surface area contributed by atoms with Gasteiger partial charge in [0.05, 0.1) is 0 Å². The third-order valence-electron chi connectivity index (χ3n) is 3.56. The highest BCUT2D eigenvalue weighted by atomic mass is 14.9. The van der Waals surface area contributed by atoms with Gasteiger partial charge in [-0.15, -0.1) is 0 Å². The average Bonchev–Trinajstić information content (AvgIpc) is 2.38. The molecule has 0 N–H and O–H groups in total. The maximum absolute atomic E-state index is 2.34. The van der Waals surface area contributed by atoms with E-state index in [1.54, 1.807) is 0 Å². The molecule has 0 unspecified atom stereocenters. The lowest BCUT2D eigenvalue weighted by atomic mass is 9.97. The maximum atomic E-state index is 2.34. The van der Waals surface area contributed by atoms with E-state index in [1.807, 2.05) is 13.8 Å². The fourth-order valence-corrected chi connectivity index (χ4v) is 2.54. The molecule has 0 aliphatic rings. The molecule has 1 nitrogen and oxygen atoms in total. The lowest BCUT2D eigenvalue weighted by Gasteiger charge is -2.12. The van der Waals surface area contributed by atoms with Crippen molar-refractivity contribution in [3.8, 4) is 0 Å². The van der Waals surface area contributed by atoms with Crippen LogP contribution >= 0.6 is 0 Å². The normalized spacial score (nSPS) is 9.89. The van der Waals surface area contributed by atoms with Crippen LogP contribution in [0.2, 0.25) is 0 Å². The van der Waals surface area contributed by atoms with E-state index in [2.05, 4.69) is 63.6 Å². The van der Waals surface area contributed by atoms with Gasteiger partial charge in [-0.25, -0.2) is 4.57 Å². The molecule has 0 amide bonds. The number of aromatic nitrogens is 1. The van der Waals surface area contributed by atoms with Crippen molar-refractivity contribution in [2.75, 3.05) is 0 Å². The maximum Gasteiger partial charge on any atom is 0.191 e. The van der Waals surface area contributed by atoms with Crippen molar-refractivity contribution in [3.63, 3.8) is 0 Å². The minimum atomic E-state index is 0. The van der Waals surface area contributed by atoms with Gasteiger partial charge in [-0.2, -0.15) is 0 Å². The van der Waals surface area contributed by atoms with Crippen molar-refractivity contribution in [2.24, 2.45) is 7.05 Å². The molecule has 0 saturated heterocycles. The fraction of sp³-hybridized carbons (Fsp3) is 0.500. The number of hydrogen-bond acceptors (Lipinski definition) is 0. The molecule has 2 aromatic rings. The predicted octanol–water partition coefficient (Wildman–Crippen LogP) is 5.07. The van der Waals surface area contributed by atoms with Crippen molar-refractivity contribution in [1.29, 1.82) is 0 Å². The highest BCUT2D eigenvalue weighted by Crippen LogP contribution is 2.25. The molecule has 0 atom stereocenters. The van der Waals surface area contributed by atoms with E-state index >= 15 is 0 Å². The van der Waals surface area contributed by atoms with Gasteiger partial charge >= 0.3 is 0 Å². The summed E-state index contributed by atoms with van der Waals surface area (Å²) in [4.78, 5) is 0. The summed E-state index contributed by atoms with van der Waals surface area (Å²) in [6, 6.07) is 8.71. The Hall–Kier alpha value is -1.37. The third kappa shape index (κ3) is 3.15. The van der Waals surface area contributed by atoms with Crippen LogP contribution < -0.4 is 4.57 Å². The molecule has 1 heterocycles. The Morgan fingerprint density at radius 2 is 1.42 bits per heavy atom. The predicted molar refractivity (Wildman–Crippen MR) is 86.8 cm³/mol. The van der Waals surface area contributed by atoms with Crippen LogP contribution in [0.5, 0.6) is 0 Å². The van der Waals surface area contributed by atoms with E-state index in [9.17, 15) is 0 Å². The zero-order valence-electron chi connectivity index (χ0n) is 12.8. The van der Waals surface area contributed by atoms with Crippen molar-refractivity contribution in [1.82, 2.24) is 0 Å². The van der Waals surface area contributed by atoms with Crippen LogP contribution in [0.1, 0.15) is 58.0 Å². The number of rotatable bonds is 1. The zero-order valence-corrected chi connectivity index (χ0v) is 12.8. The van der Waals surface area contributed by atoms with Gasteiger partial charge in [0.2, 0.25) is 0 Å². The second-order valence-corrected chi connectivity index (χ2v) is 4.85. The molecule has 2 rings (SSSR count). The summed E-state index contributed by atoms with van der Waals surface area (Å²) in [5, 5.41) is 2.78. The second kappa shape index (κ2) is 7.28. The quantitative estimate of drug-likeness (QED) is 0.630. The van der Waals surface area contributed by atoms with Crippen molar-refractivity contribution in [3.05, 3.63) is 41.2 Å². The molecule has 0 saturated carbocycles.